The molecular formula is C18H21N5O4. The molecule has 9 heteroatoms. The maximum absolute atomic E-state index is 12.2. The van der Waals surface area contributed by atoms with E-state index in [0.29, 0.717) is 5.56 Å². The molecule has 142 valence electrons. The van der Waals surface area contributed by atoms with Gasteiger partial charge in [0.15, 0.2) is 0 Å². The van der Waals surface area contributed by atoms with Crippen molar-refractivity contribution in [3.8, 4) is 5.88 Å². The number of carbonyl (C=O) groups is 1. The van der Waals surface area contributed by atoms with Crippen molar-refractivity contribution in [2.75, 3.05) is 0 Å². The maximum atomic E-state index is 12.2. The van der Waals surface area contributed by atoms with E-state index in [1.165, 1.54) is 36.0 Å². The fourth-order valence-corrected chi connectivity index (χ4v) is 3.30. The van der Waals surface area contributed by atoms with Gasteiger partial charge < -0.3 is 5.11 Å². The molecule has 1 saturated carbocycles. The summed E-state index contributed by atoms with van der Waals surface area (Å²) in [5, 5.41) is 14.5. The molecule has 0 aromatic carbocycles. The van der Waals surface area contributed by atoms with E-state index in [2.05, 4.69) is 20.5 Å². The van der Waals surface area contributed by atoms with Crippen molar-refractivity contribution in [2.24, 2.45) is 5.10 Å². The Balaban J connectivity index is 1.92. The highest BCUT2D eigenvalue weighted by Crippen LogP contribution is 2.30. The van der Waals surface area contributed by atoms with Gasteiger partial charge in [-0.25, -0.2) is 10.2 Å². The minimum atomic E-state index is -0.746. The molecule has 0 spiro atoms. The molecule has 1 fully saturated rings. The Kier molecular flexibility index (Phi) is 5.49. The fraction of sp³-hybridized carbons (Fsp3) is 0.389. The molecule has 2 heterocycles. The van der Waals surface area contributed by atoms with Crippen LogP contribution < -0.4 is 16.7 Å². The van der Waals surface area contributed by atoms with Crippen molar-refractivity contribution in [3.63, 3.8) is 0 Å². The van der Waals surface area contributed by atoms with Crippen LogP contribution in [0.3, 0.4) is 0 Å². The van der Waals surface area contributed by atoms with Crippen LogP contribution in [0.2, 0.25) is 0 Å². The highest BCUT2D eigenvalue weighted by atomic mass is 16.3. The van der Waals surface area contributed by atoms with Gasteiger partial charge in [0.05, 0.1) is 5.71 Å². The van der Waals surface area contributed by atoms with Crippen molar-refractivity contribution >= 4 is 11.6 Å². The maximum Gasteiger partial charge on any atom is 0.331 e. The lowest BCUT2D eigenvalue weighted by Crippen LogP contribution is -2.36. The molecule has 0 saturated heterocycles. The number of rotatable bonds is 4. The summed E-state index contributed by atoms with van der Waals surface area (Å²) in [6, 6.07) is 2.88. The average Bonchev–Trinajstić information content (AvgIpc) is 2.67. The van der Waals surface area contributed by atoms with Gasteiger partial charge >= 0.3 is 5.69 Å². The quantitative estimate of drug-likeness (QED) is 0.551. The summed E-state index contributed by atoms with van der Waals surface area (Å²) in [6.07, 6.45) is 7.47. The van der Waals surface area contributed by atoms with Crippen molar-refractivity contribution in [1.82, 2.24) is 20.0 Å². The molecule has 3 N–H and O–H groups in total. The Morgan fingerprint density at radius 2 is 1.93 bits per heavy atom. The van der Waals surface area contributed by atoms with Crippen LogP contribution in [0.4, 0.5) is 0 Å². The van der Waals surface area contributed by atoms with Crippen LogP contribution in [0.25, 0.3) is 0 Å². The second-order valence-electron chi connectivity index (χ2n) is 6.49. The van der Waals surface area contributed by atoms with Crippen LogP contribution in [0, 0.1) is 0 Å². The molecule has 2 aromatic heterocycles. The first-order chi connectivity index (χ1) is 13.0. The first-order valence-electron chi connectivity index (χ1n) is 8.82. The van der Waals surface area contributed by atoms with E-state index in [9.17, 15) is 19.5 Å². The van der Waals surface area contributed by atoms with E-state index in [1.54, 1.807) is 0 Å². The average molecular weight is 371 g/mol. The number of nitrogens with zero attached hydrogens (tertiary/aromatic N) is 3. The lowest BCUT2D eigenvalue weighted by Gasteiger charge is -2.25. The zero-order valence-corrected chi connectivity index (χ0v) is 14.9. The zero-order valence-electron chi connectivity index (χ0n) is 14.9. The monoisotopic (exact) mass is 371 g/mol. The smallest absolute Gasteiger partial charge is 0.331 e. The van der Waals surface area contributed by atoms with E-state index in [4.69, 9.17) is 0 Å². The molecule has 1 amide bonds. The third kappa shape index (κ3) is 3.97. The number of hydrogen-bond donors (Lipinski definition) is 3. The Hall–Kier alpha value is -3.23. The Labute approximate surface area is 154 Å². The van der Waals surface area contributed by atoms with Gasteiger partial charge in [0, 0.05) is 24.0 Å². The zero-order chi connectivity index (χ0) is 19.4. The van der Waals surface area contributed by atoms with Gasteiger partial charge in [-0.15, -0.1) is 0 Å². The number of hydrazone groups is 1. The third-order valence-corrected chi connectivity index (χ3v) is 4.69. The second-order valence-corrected chi connectivity index (χ2v) is 6.49. The van der Waals surface area contributed by atoms with Crippen LogP contribution in [0.15, 0.2) is 39.2 Å². The summed E-state index contributed by atoms with van der Waals surface area (Å²) in [5.74, 6) is -0.900. The van der Waals surface area contributed by atoms with Crippen LogP contribution in [-0.2, 0) is 0 Å². The lowest BCUT2D eigenvalue weighted by atomic mass is 9.95. The van der Waals surface area contributed by atoms with Crippen LogP contribution in [-0.4, -0.2) is 31.3 Å². The Morgan fingerprint density at radius 3 is 2.59 bits per heavy atom. The molecule has 9 nitrogen and oxygen atoms in total. The minimum absolute atomic E-state index is 0.0979. The molecule has 0 bridgehead atoms. The number of aromatic hydroxyl groups is 1. The Morgan fingerprint density at radius 1 is 1.26 bits per heavy atom. The molecule has 0 aliphatic heterocycles. The van der Waals surface area contributed by atoms with E-state index >= 15 is 0 Å². The molecule has 1 aliphatic rings. The van der Waals surface area contributed by atoms with Gasteiger partial charge in [-0.3, -0.25) is 24.1 Å². The number of H-pyrrole nitrogens is 1. The molecule has 0 radical (unpaired) electrons. The van der Waals surface area contributed by atoms with E-state index in [0.717, 1.165) is 32.1 Å². The topological polar surface area (TPSA) is 129 Å². The van der Waals surface area contributed by atoms with Gasteiger partial charge in [-0.1, -0.05) is 19.3 Å². The second kappa shape index (κ2) is 7.98. The molecule has 3 rings (SSSR count). The van der Waals surface area contributed by atoms with E-state index < -0.39 is 23.0 Å². The summed E-state index contributed by atoms with van der Waals surface area (Å²) < 4.78 is 1.22. The minimum Gasteiger partial charge on any atom is -0.494 e. The number of aromatic nitrogens is 3. The summed E-state index contributed by atoms with van der Waals surface area (Å²) in [5.41, 5.74) is 1.27. The number of aromatic amines is 1. The first kappa shape index (κ1) is 18.6. The predicted octanol–water partition coefficient (Wildman–Crippen LogP) is 1.30. The number of amides is 1. The fourth-order valence-electron chi connectivity index (χ4n) is 3.30. The third-order valence-electron chi connectivity index (χ3n) is 4.69. The van der Waals surface area contributed by atoms with Gasteiger partial charge in [0.1, 0.15) is 5.56 Å². The van der Waals surface area contributed by atoms with Gasteiger partial charge in [-0.05, 0) is 31.9 Å². The highest BCUT2D eigenvalue weighted by Gasteiger charge is 2.24. The van der Waals surface area contributed by atoms with Crippen molar-refractivity contribution in [1.29, 1.82) is 0 Å². The van der Waals surface area contributed by atoms with Crippen molar-refractivity contribution in [3.05, 3.63) is 56.5 Å². The van der Waals surface area contributed by atoms with Crippen LogP contribution in [0.1, 0.15) is 61.0 Å². The van der Waals surface area contributed by atoms with Crippen LogP contribution >= 0.6 is 0 Å². The summed E-state index contributed by atoms with van der Waals surface area (Å²) >= 11 is 0. The van der Waals surface area contributed by atoms with Gasteiger partial charge in [-0.2, -0.15) is 5.10 Å². The van der Waals surface area contributed by atoms with Gasteiger partial charge in [0.2, 0.25) is 5.88 Å². The normalized spacial score (nSPS) is 15.5. The molecule has 0 unspecified atom stereocenters. The first-order valence-corrected chi connectivity index (χ1v) is 8.82. The number of pyridine rings is 1. The number of hydrogen-bond acceptors (Lipinski definition) is 6. The largest absolute Gasteiger partial charge is 0.494 e. The van der Waals surface area contributed by atoms with Crippen LogP contribution in [0.5, 0.6) is 5.88 Å². The van der Waals surface area contributed by atoms with E-state index in [1.807, 2.05) is 0 Å². The summed E-state index contributed by atoms with van der Waals surface area (Å²) in [6.45, 7) is 1.48. The number of nitrogens with one attached hydrogen (secondary N) is 2. The molecule has 2 aromatic rings. The van der Waals surface area contributed by atoms with Gasteiger partial charge in [0.25, 0.3) is 11.5 Å². The van der Waals surface area contributed by atoms with Crippen molar-refractivity contribution in [2.45, 2.75) is 45.1 Å². The standard InChI is InChI=1S/C18H21N5O4/c1-11(21-22-15(24)12-7-9-19-10-8-12)14-16(25)20-18(27)23(17(14)26)13-5-3-2-4-6-13/h7-10,13,26H,2-6H2,1H3,(H,22,24)(H,20,25,27)/b21-11+. The number of carbonyl (C=O) groups excluding carboxylic acids is 1. The van der Waals surface area contributed by atoms with Crippen molar-refractivity contribution < 1.29 is 9.90 Å². The highest BCUT2D eigenvalue weighted by molar-refractivity contribution is 6.02. The lowest BCUT2D eigenvalue weighted by molar-refractivity contribution is 0.0954. The SMILES string of the molecule is C/C(=N\NC(=O)c1ccncc1)c1c(O)n(C2CCCCC2)c(=O)[nH]c1=O. The molecule has 0 atom stereocenters. The molecule has 1 aliphatic carbocycles. The Bertz CT molecular complexity index is 971. The molecular weight excluding hydrogens is 350 g/mol. The van der Waals surface area contributed by atoms with E-state index in [-0.39, 0.29) is 17.3 Å². The molecule has 27 heavy (non-hydrogen) atoms. The summed E-state index contributed by atoms with van der Waals surface area (Å²) in [7, 11) is 0. The summed E-state index contributed by atoms with van der Waals surface area (Å²) in [4.78, 5) is 42.6. The predicted molar refractivity (Wildman–Crippen MR) is 99.0 cm³/mol.